The summed E-state index contributed by atoms with van der Waals surface area (Å²) in [6.45, 7) is 1.36. The first-order chi connectivity index (χ1) is 7.72. The normalized spacial score (nSPS) is 9.88. The second-order valence-corrected chi connectivity index (χ2v) is 4.45. The minimum absolute atomic E-state index is 0.0316. The van der Waals surface area contributed by atoms with Gasteiger partial charge < -0.3 is 15.4 Å². The number of nitrogens with one attached hydrogen (secondary N) is 2. The third kappa shape index (κ3) is 5.32. The summed E-state index contributed by atoms with van der Waals surface area (Å²) in [4.78, 5) is 11.3. The number of halogens is 1. The summed E-state index contributed by atoms with van der Waals surface area (Å²) in [6.07, 6.45) is 0. The maximum Gasteiger partial charge on any atom is 0.239 e. The van der Waals surface area contributed by atoms with Crippen molar-refractivity contribution in [2.45, 2.75) is 0 Å². The molecule has 1 aromatic carbocycles. The lowest BCUT2D eigenvalue weighted by atomic mass is 10.3. The van der Waals surface area contributed by atoms with Crippen LogP contribution in [0, 0.1) is 3.57 Å². The van der Waals surface area contributed by atoms with Crippen LogP contribution in [0.4, 0.5) is 5.69 Å². The molecule has 5 heteroatoms. The van der Waals surface area contributed by atoms with E-state index in [1.165, 1.54) is 0 Å². The zero-order valence-electron chi connectivity index (χ0n) is 9.13. The lowest BCUT2D eigenvalue weighted by molar-refractivity contribution is -0.119. The molecule has 4 nitrogen and oxygen atoms in total. The minimum Gasteiger partial charge on any atom is -0.383 e. The number of ether oxygens (including phenoxy) is 1. The van der Waals surface area contributed by atoms with Gasteiger partial charge in [-0.3, -0.25) is 4.79 Å². The van der Waals surface area contributed by atoms with Crippen molar-refractivity contribution < 1.29 is 9.53 Å². The largest absolute Gasteiger partial charge is 0.383 e. The van der Waals surface area contributed by atoms with Crippen LogP contribution in [-0.4, -0.2) is 32.7 Å². The van der Waals surface area contributed by atoms with Gasteiger partial charge in [-0.15, -0.1) is 0 Å². The Labute approximate surface area is 109 Å². The number of rotatable bonds is 6. The van der Waals surface area contributed by atoms with E-state index >= 15 is 0 Å². The van der Waals surface area contributed by atoms with E-state index < -0.39 is 0 Å². The molecule has 0 spiro atoms. The molecule has 16 heavy (non-hydrogen) atoms. The summed E-state index contributed by atoms with van der Waals surface area (Å²) in [5.41, 5.74) is 0.953. The van der Waals surface area contributed by atoms with E-state index in [1.807, 2.05) is 24.3 Å². The maximum atomic E-state index is 11.3. The molecular weight excluding hydrogens is 319 g/mol. The van der Waals surface area contributed by atoms with E-state index in [0.717, 1.165) is 9.26 Å². The van der Waals surface area contributed by atoms with E-state index in [4.69, 9.17) is 4.74 Å². The fourth-order valence-electron chi connectivity index (χ4n) is 1.14. The van der Waals surface area contributed by atoms with Crippen LogP contribution >= 0.6 is 22.6 Å². The molecule has 1 amide bonds. The topological polar surface area (TPSA) is 50.4 Å². The zero-order valence-corrected chi connectivity index (χ0v) is 11.3. The first kappa shape index (κ1) is 13.2. The highest BCUT2D eigenvalue weighted by Gasteiger charge is 2.00. The van der Waals surface area contributed by atoms with Gasteiger partial charge in [-0.2, -0.15) is 0 Å². The van der Waals surface area contributed by atoms with Crippen LogP contribution in [0.2, 0.25) is 0 Å². The van der Waals surface area contributed by atoms with Crippen molar-refractivity contribution in [3.63, 3.8) is 0 Å². The van der Waals surface area contributed by atoms with Crippen LogP contribution in [-0.2, 0) is 9.53 Å². The standard InChI is InChI=1S/C11H15IN2O2/c1-16-6-5-13-11(15)8-14-10-4-2-3-9(12)7-10/h2-4,7,14H,5-6,8H2,1H3,(H,13,15). The van der Waals surface area contributed by atoms with Crippen molar-refractivity contribution in [2.75, 3.05) is 32.1 Å². The molecular formula is C11H15IN2O2. The Balaban J connectivity index is 2.26. The number of hydrogen-bond acceptors (Lipinski definition) is 3. The Hall–Kier alpha value is -0.820. The Morgan fingerprint density at radius 3 is 3.00 bits per heavy atom. The van der Waals surface area contributed by atoms with Gasteiger partial charge in [0.25, 0.3) is 0 Å². The van der Waals surface area contributed by atoms with Crippen LogP contribution in [0.1, 0.15) is 0 Å². The molecule has 0 aliphatic carbocycles. The number of carbonyl (C=O) groups excluding carboxylic acids is 1. The van der Waals surface area contributed by atoms with Crippen molar-refractivity contribution >= 4 is 34.2 Å². The van der Waals surface area contributed by atoms with Crippen molar-refractivity contribution in [2.24, 2.45) is 0 Å². The molecule has 1 aromatic rings. The molecule has 1 rings (SSSR count). The Kier molecular flexibility index (Phi) is 6.17. The number of anilines is 1. The van der Waals surface area contributed by atoms with Gasteiger partial charge in [0.15, 0.2) is 0 Å². The van der Waals surface area contributed by atoms with E-state index in [-0.39, 0.29) is 12.5 Å². The second-order valence-electron chi connectivity index (χ2n) is 3.21. The molecule has 0 saturated carbocycles. The molecule has 0 atom stereocenters. The third-order valence-electron chi connectivity index (χ3n) is 1.91. The molecule has 0 aliphatic heterocycles. The second kappa shape index (κ2) is 7.45. The highest BCUT2D eigenvalue weighted by molar-refractivity contribution is 14.1. The molecule has 0 radical (unpaired) electrons. The van der Waals surface area contributed by atoms with Gasteiger partial charge >= 0.3 is 0 Å². The van der Waals surface area contributed by atoms with Gasteiger partial charge in [-0.1, -0.05) is 6.07 Å². The van der Waals surface area contributed by atoms with E-state index in [0.29, 0.717) is 13.2 Å². The van der Waals surface area contributed by atoms with Gasteiger partial charge in [0, 0.05) is 22.9 Å². The first-order valence-corrected chi connectivity index (χ1v) is 6.05. The fraction of sp³-hybridized carbons (Fsp3) is 0.364. The number of carbonyl (C=O) groups is 1. The van der Waals surface area contributed by atoms with Crippen molar-refractivity contribution in [1.29, 1.82) is 0 Å². The summed E-state index contributed by atoms with van der Waals surface area (Å²) in [5.74, 6) is -0.0316. The predicted octanol–water partition coefficient (Wildman–Crippen LogP) is 1.47. The SMILES string of the molecule is COCCNC(=O)CNc1cccc(I)c1. The van der Waals surface area contributed by atoms with Crippen LogP contribution in [0.5, 0.6) is 0 Å². The summed E-state index contributed by atoms with van der Waals surface area (Å²) in [5, 5.41) is 5.79. The highest BCUT2D eigenvalue weighted by atomic mass is 127. The van der Waals surface area contributed by atoms with Gasteiger partial charge in [-0.25, -0.2) is 0 Å². The van der Waals surface area contributed by atoms with Crippen LogP contribution in [0.3, 0.4) is 0 Å². The van der Waals surface area contributed by atoms with Crippen molar-refractivity contribution in [1.82, 2.24) is 5.32 Å². The van der Waals surface area contributed by atoms with Crippen LogP contribution in [0.15, 0.2) is 24.3 Å². The summed E-state index contributed by atoms with van der Waals surface area (Å²) in [7, 11) is 1.61. The number of benzene rings is 1. The van der Waals surface area contributed by atoms with Gasteiger partial charge in [0.2, 0.25) is 5.91 Å². The summed E-state index contributed by atoms with van der Waals surface area (Å²) in [6, 6.07) is 7.88. The molecule has 2 N–H and O–H groups in total. The summed E-state index contributed by atoms with van der Waals surface area (Å²) < 4.78 is 5.98. The Morgan fingerprint density at radius 2 is 2.31 bits per heavy atom. The third-order valence-corrected chi connectivity index (χ3v) is 2.58. The smallest absolute Gasteiger partial charge is 0.239 e. The zero-order chi connectivity index (χ0) is 11.8. The molecule has 0 aliphatic rings. The number of hydrogen-bond donors (Lipinski definition) is 2. The molecule has 0 unspecified atom stereocenters. The Morgan fingerprint density at radius 1 is 1.50 bits per heavy atom. The molecule has 0 aromatic heterocycles. The van der Waals surface area contributed by atoms with E-state index in [9.17, 15) is 4.79 Å². The fourth-order valence-corrected chi connectivity index (χ4v) is 1.68. The molecule has 0 saturated heterocycles. The number of amides is 1. The Bertz CT molecular complexity index is 345. The lowest BCUT2D eigenvalue weighted by Crippen LogP contribution is -2.32. The van der Waals surface area contributed by atoms with Crippen LogP contribution < -0.4 is 10.6 Å². The molecule has 0 heterocycles. The van der Waals surface area contributed by atoms with Gasteiger partial charge in [0.05, 0.1) is 13.2 Å². The predicted molar refractivity (Wildman–Crippen MR) is 72.5 cm³/mol. The van der Waals surface area contributed by atoms with Crippen molar-refractivity contribution in [3.05, 3.63) is 27.8 Å². The van der Waals surface area contributed by atoms with Gasteiger partial charge in [-0.05, 0) is 40.8 Å². The molecule has 88 valence electrons. The van der Waals surface area contributed by atoms with Crippen LogP contribution in [0.25, 0.3) is 0 Å². The monoisotopic (exact) mass is 334 g/mol. The van der Waals surface area contributed by atoms with Gasteiger partial charge in [0.1, 0.15) is 0 Å². The average Bonchev–Trinajstić information content (AvgIpc) is 2.27. The molecule has 0 fully saturated rings. The maximum absolute atomic E-state index is 11.3. The van der Waals surface area contributed by atoms with Crippen molar-refractivity contribution in [3.8, 4) is 0 Å². The highest BCUT2D eigenvalue weighted by Crippen LogP contribution is 2.11. The van der Waals surface area contributed by atoms with E-state index in [2.05, 4.69) is 33.2 Å². The quantitative estimate of drug-likeness (QED) is 0.612. The molecule has 0 bridgehead atoms. The lowest BCUT2D eigenvalue weighted by Gasteiger charge is -2.07. The average molecular weight is 334 g/mol. The minimum atomic E-state index is -0.0316. The number of methoxy groups -OCH3 is 1. The first-order valence-electron chi connectivity index (χ1n) is 4.97. The van der Waals surface area contributed by atoms with E-state index in [1.54, 1.807) is 7.11 Å². The summed E-state index contributed by atoms with van der Waals surface area (Å²) >= 11 is 2.23.